The molecule has 1 aromatic carbocycles. The molecule has 0 aliphatic heterocycles. The van der Waals surface area contributed by atoms with E-state index >= 15 is 0 Å². The predicted molar refractivity (Wildman–Crippen MR) is 93.2 cm³/mol. The first kappa shape index (κ1) is 15.7. The van der Waals surface area contributed by atoms with E-state index in [2.05, 4.69) is 45.2 Å². The minimum atomic E-state index is -0.106. The summed E-state index contributed by atoms with van der Waals surface area (Å²) in [7, 11) is 0. The van der Waals surface area contributed by atoms with Gasteiger partial charge < -0.3 is 16.0 Å². The highest BCUT2D eigenvalue weighted by molar-refractivity contribution is 5.76. The monoisotopic (exact) mass is 321 g/mol. The van der Waals surface area contributed by atoms with Crippen LogP contribution >= 0.6 is 0 Å². The van der Waals surface area contributed by atoms with Crippen LogP contribution in [0.15, 0.2) is 24.4 Å². The van der Waals surface area contributed by atoms with Gasteiger partial charge in [0.15, 0.2) is 0 Å². The number of hydrogen-bond acceptors (Lipinski definition) is 6. The molecule has 4 N–H and O–H groups in total. The van der Waals surface area contributed by atoms with Crippen molar-refractivity contribution in [3.8, 4) is 6.07 Å². The van der Waals surface area contributed by atoms with Gasteiger partial charge in [-0.05, 0) is 30.5 Å². The summed E-state index contributed by atoms with van der Waals surface area (Å²) in [4.78, 5) is 16.3. The van der Waals surface area contributed by atoms with Crippen LogP contribution in [0.4, 0.5) is 11.8 Å². The fourth-order valence-corrected chi connectivity index (χ4v) is 2.53. The third-order valence-electron chi connectivity index (χ3n) is 3.84. The van der Waals surface area contributed by atoms with Gasteiger partial charge in [0.2, 0.25) is 5.95 Å². The Morgan fingerprint density at radius 2 is 2.08 bits per heavy atom. The summed E-state index contributed by atoms with van der Waals surface area (Å²) < 4.78 is 0. The van der Waals surface area contributed by atoms with Crippen molar-refractivity contribution < 1.29 is 0 Å². The molecule has 0 saturated heterocycles. The average Bonchev–Trinajstić information content (AvgIpc) is 2.95. The summed E-state index contributed by atoms with van der Waals surface area (Å²) in [5, 5.41) is 12.2. The topological polar surface area (TPSA) is 116 Å². The van der Waals surface area contributed by atoms with Crippen molar-refractivity contribution in [2.75, 3.05) is 11.1 Å². The highest BCUT2D eigenvalue weighted by atomic mass is 15.2. The molecule has 0 spiro atoms. The lowest BCUT2D eigenvalue weighted by Crippen LogP contribution is -2.20. The lowest BCUT2D eigenvalue weighted by atomic mass is 10.0. The highest BCUT2D eigenvalue weighted by Crippen LogP contribution is 2.26. The number of aromatic amines is 1. The van der Waals surface area contributed by atoms with Crippen molar-refractivity contribution in [2.45, 2.75) is 26.8 Å². The maximum Gasteiger partial charge on any atom is 0.225 e. The molecule has 0 fully saturated rings. The van der Waals surface area contributed by atoms with Gasteiger partial charge in [-0.2, -0.15) is 10.2 Å². The van der Waals surface area contributed by atoms with Crippen LogP contribution in [-0.4, -0.2) is 19.9 Å². The van der Waals surface area contributed by atoms with Crippen LogP contribution in [0.3, 0.4) is 0 Å². The zero-order valence-corrected chi connectivity index (χ0v) is 13.8. The Labute approximate surface area is 140 Å². The minimum absolute atomic E-state index is 0.106. The van der Waals surface area contributed by atoms with Crippen LogP contribution in [0.2, 0.25) is 0 Å². The second kappa shape index (κ2) is 6.16. The smallest absolute Gasteiger partial charge is 0.225 e. The molecule has 0 aliphatic rings. The van der Waals surface area contributed by atoms with E-state index in [0.717, 1.165) is 16.9 Å². The number of benzene rings is 1. The van der Waals surface area contributed by atoms with E-state index < -0.39 is 0 Å². The van der Waals surface area contributed by atoms with Gasteiger partial charge >= 0.3 is 0 Å². The summed E-state index contributed by atoms with van der Waals surface area (Å²) in [5.41, 5.74) is 9.12. The van der Waals surface area contributed by atoms with Crippen LogP contribution in [0.25, 0.3) is 11.0 Å². The Morgan fingerprint density at radius 3 is 2.75 bits per heavy atom. The number of nitrogens with one attached hydrogen (secondary N) is 2. The fourth-order valence-electron chi connectivity index (χ4n) is 2.53. The number of nitrogen functional groups attached to an aromatic ring is 1. The van der Waals surface area contributed by atoms with E-state index in [1.807, 2.05) is 25.1 Å². The van der Waals surface area contributed by atoms with Crippen molar-refractivity contribution in [1.82, 2.24) is 19.9 Å². The molecule has 2 heterocycles. The maximum absolute atomic E-state index is 8.92. The normalized spacial score (nSPS) is 12.3. The quantitative estimate of drug-likeness (QED) is 0.680. The number of fused-ring (bicyclic) bond motifs is 1. The number of nitriles is 1. The second-order valence-electron chi connectivity index (χ2n) is 6.11. The molecule has 7 heteroatoms. The molecule has 0 bridgehead atoms. The molecule has 3 rings (SSSR count). The lowest BCUT2D eigenvalue weighted by Gasteiger charge is -2.20. The van der Waals surface area contributed by atoms with Gasteiger partial charge in [0.25, 0.3) is 0 Å². The second-order valence-corrected chi connectivity index (χ2v) is 6.11. The van der Waals surface area contributed by atoms with Crippen LogP contribution in [0, 0.1) is 24.2 Å². The molecule has 1 atom stereocenters. The molecule has 2 aromatic heterocycles. The SMILES string of the molecule is Cc1ccc2nc(C(Nc3ncc(C#N)c(N)n3)C(C)C)[nH]c2c1. The number of aromatic nitrogens is 4. The third-order valence-corrected chi connectivity index (χ3v) is 3.84. The van der Waals surface area contributed by atoms with Gasteiger partial charge in [0.05, 0.1) is 23.3 Å². The molecule has 0 amide bonds. The molecule has 122 valence electrons. The number of anilines is 2. The fraction of sp³-hybridized carbons (Fsp3) is 0.294. The molecule has 7 nitrogen and oxygen atoms in total. The predicted octanol–water partition coefficient (Wildman–Crippen LogP) is 2.92. The van der Waals surface area contributed by atoms with E-state index in [4.69, 9.17) is 11.0 Å². The summed E-state index contributed by atoms with van der Waals surface area (Å²) in [6, 6.07) is 7.95. The average molecular weight is 321 g/mol. The van der Waals surface area contributed by atoms with Crippen LogP contribution in [0.1, 0.15) is 36.8 Å². The highest BCUT2D eigenvalue weighted by Gasteiger charge is 2.21. The van der Waals surface area contributed by atoms with Gasteiger partial charge in [-0.25, -0.2) is 9.97 Å². The van der Waals surface area contributed by atoms with Crippen molar-refractivity contribution >= 4 is 22.8 Å². The van der Waals surface area contributed by atoms with E-state index in [1.54, 1.807) is 0 Å². The Hall–Kier alpha value is -3.14. The Balaban J connectivity index is 1.94. The molecule has 24 heavy (non-hydrogen) atoms. The molecular weight excluding hydrogens is 302 g/mol. The standard InChI is InChI=1S/C17H19N7/c1-9(2)14(23-17-20-8-11(7-18)15(19)24-17)16-21-12-5-4-10(3)6-13(12)22-16/h4-6,8-9,14H,1-3H3,(H,21,22)(H3,19,20,23,24). The Bertz CT molecular complexity index is 920. The molecule has 0 radical (unpaired) electrons. The molecule has 0 saturated carbocycles. The largest absolute Gasteiger partial charge is 0.382 e. The first-order chi connectivity index (χ1) is 11.5. The van der Waals surface area contributed by atoms with E-state index in [0.29, 0.717) is 5.95 Å². The molecule has 0 aliphatic carbocycles. The van der Waals surface area contributed by atoms with E-state index in [9.17, 15) is 0 Å². The summed E-state index contributed by atoms with van der Waals surface area (Å²) in [6.45, 7) is 6.22. The van der Waals surface area contributed by atoms with Crippen LogP contribution in [-0.2, 0) is 0 Å². The van der Waals surface area contributed by atoms with Crippen molar-refractivity contribution in [1.29, 1.82) is 5.26 Å². The summed E-state index contributed by atoms with van der Waals surface area (Å²) in [5.74, 6) is 1.60. The van der Waals surface area contributed by atoms with Gasteiger partial charge in [0.1, 0.15) is 23.3 Å². The zero-order chi connectivity index (χ0) is 17.3. The maximum atomic E-state index is 8.92. The number of nitrogens with zero attached hydrogens (tertiary/aromatic N) is 4. The Morgan fingerprint density at radius 1 is 1.29 bits per heavy atom. The lowest BCUT2D eigenvalue weighted by molar-refractivity contribution is 0.523. The van der Waals surface area contributed by atoms with Gasteiger partial charge in [-0.3, -0.25) is 0 Å². The van der Waals surface area contributed by atoms with E-state index in [-0.39, 0.29) is 23.3 Å². The number of rotatable bonds is 4. The van der Waals surface area contributed by atoms with Crippen molar-refractivity contribution in [3.05, 3.63) is 41.3 Å². The zero-order valence-electron chi connectivity index (χ0n) is 13.8. The van der Waals surface area contributed by atoms with Crippen molar-refractivity contribution in [3.63, 3.8) is 0 Å². The Kier molecular flexibility index (Phi) is 4.04. The number of imidazole rings is 1. The van der Waals surface area contributed by atoms with Crippen molar-refractivity contribution in [2.24, 2.45) is 5.92 Å². The third kappa shape index (κ3) is 2.99. The molecular formula is C17H19N7. The van der Waals surface area contributed by atoms with Gasteiger partial charge in [0, 0.05) is 0 Å². The first-order valence-electron chi connectivity index (χ1n) is 7.73. The van der Waals surface area contributed by atoms with Gasteiger partial charge in [-0.1, -0.05) is 19.9 Å². The number of aryl methyl sites for hydroxylation is 1. The number of H-pyrrole nitrogens is 1. The molecule has 1 unspecified atom stereocenters. The summed E-state index contributed by atoms with van der Waals surface area (Å²) >= 11 is 0. The summed E-state index contributed by atoms with van der Waals surface area (Å²) in [6.07, 6.45) is 1.42. The van der Waals surface area contributed by atoms with Crippen LogP contribution in [0.5, 0.6) is 0 Å². The van der Waals surface area contributed by atoms with Gasteiger partial charge in [-0.15, -0.1) is 0 Å². The minimum Gasteiger partial charge on any atom is -0.382 e. The number of nitrogens with two attached hydrogens (primary N) is 1. The van der Waals surface area contributed by atoms with E-state index in [1.165, 1.54) is 11.8 Å². The van der Waals surface area contributed by atoms with Crippen LogP contribution < -0.4 is 11.1 Å². The molecule has 3 aromatic rings. The number of hydrogen-bond donors (Lipinski definition) is 3. The first-order valence-corrected chi connectivity index (χ1v) is 7.73.